The van der Waals surface area contributed by atoms with Gasteiger partial charge in [0.2, 0.25) is 0 Å². The van der Waals surface area contributed by atoms with Crippen LogP contribution in [0.2, 0.25) is 0 Å². The van der Waals surface area contributed by atoms with Gasteiger partial charge in [0, 0.05) is 32.5 Å². The number of fused-ring (bicyclic) bond motifs is 3. The minimum absolute atomic E-state index is 0.0398. The van der Waals surface area contributed by atoms with Crippen molar-refractivity contribution in [3.63, 3.8) is 0 Å². The Kier molecular flexibility index (Phi) is 5.30. The number of halogens is 2. The van der Waals surface area contributed by atoms with Crippen molar-refractivity contribution in [2.75, 3.05) is 48.7 Å². The number of nitrogens with one attached hydrogen (secondary N) is 1. The first kappa shape index (κ1) is 23.9. The van der Waals surface area contributed by atoms with E-state index in [1.165, 1.54) is 17.3 Å². The number of carbonyl (C=O) groups is 2. The molecule has 2 aromatic heterocycles. The third-order valence-corrected chi connectivity index (χ3v) is 7.94. The van der Waals surface area contributed by atoms with Gasteiger partial charge in [-0.25, -0.2) is 33.5 Å². The molecule has 1 spiro atoms. The molecule has 202 valence electrons. The summed E-state index contributed by atoms with van der Waals surface area (Å²) in [7, 11) is 0. The second kappa shape index (κ2) is 8.66. The van der Waals surface area contributed by atoms with Crippen LogP contribution in [-0.2, 0) is 22.4 Å². The SMILES string of the molecule is Nc1cnc2c(F)c3c(c(F)c2n1)CC(CN1CCC2(CC1)CN(c1cnc4c(n1)NC(=O)CO4)C(=O)O2)C3. The fraction of sp³-hybridized carbons (Fsp3) is 0.440. The normalized spacial score (nSPS) is 22.0. The number of nitrogens with two attached hydrogens (primary N) is 1. The second-order valence-electron chi connectivity index (χ2n) is 10.5. The van der Waals surface area contributed by atoms with E-state index in [-0.39, 0.29) is 52.8 Å². The zero-order chi connectivity index (χ0) is 26.9. The molecule has 5 heterocycles. The van der Waals surface area contributed by atoms with Gasteiger partial charge in [0.05, 0.1) is 18.9 Å². The van der Waals surface area contributed by atoms with E-state index in [2.05, 4.69) is 30.2 Å². The van der Waals surface area contributed by atoms with Gasteiger partial charge in [-0.1, -0.05) is 0 Å². The third kappa shape index (κ3) is 3.97. The molecule has 0 radical (unpaired) electrons. The van der Waals surface area contributed by atoms with Crippen molar-refractivity contribution in [1.29, 1.82) is 0 Å². The van der Waals surface area contributed by atoms with E-state index in [1.54, 1.807) is 0 Å². The Morgan fingerprint density at radius 3 is 2.56 bits per heavy atom. The molecule has 3 aliphatic heterocycles. The Morgan fingerprint density at radius 1 is 1.05 bits per heavy atom. The summed E-state index contributed by atoms with van der Waals surface area (Å²) in [6, 6.07) is 0. The second-order valence-corrected chi connectivity index (χ2v) is 10.5. The van der Waals surface area contributed by atoms with Crippen molar-refractivity contribution in [3.8, 4) is 5.88 Å². The highest BCUT2D eigenvalue weighted by Crippen LogP contribution is 2.39. The number of ether oxygens (including phenoxy) is 2. The standard InChI is InChI=1S/C25H24F2N8O4/c26-18-13-5-12(6-14(13)19(27)21-20(18)29-7-15(28)31-21)9-34-3-1-25(2-4-34)11-35(24(37)39-25)16-8-30-23-22(32-16)33-17(36)10-38-23/h7-8,12H,1-6,9-11H2,(H2,28,31)(H,32,33,36). The number of carbonyl (C=O) groups excluding carboxylic acids is 2. The van der Waals surface area contributed by atoms with Crippen LogP contribution in [0.4, 0.5) is 31.0 Å². The minimum atomic E-state index is -0.670. The summed E-state index contributed by atoms with van der Waals surface area (Å²) in [6.45, 7) is 2.17. The Labute approximate surface area is 220 Å². The number of hydrogen-bond donors (Lipinski definition) is 2. The maximum atomic E-state index is 15.2. The van der Waals surface area contributed by atoms with Gasteiger partial charge in [0.15, 0.2) is 29.9 Å². The summed E-state index contributed by atoms with van der Waals surface area (Å²) in [5, 5.41) is 2.59. The van der Waals surface area contributed by atoms with Crippen LogP contribution >= 0.6 is 0 Å². The molecule has 1 atom stereocenters. The van der Waals surface area contributed by atoms with Crippen molar-refractivity contribution in [3.05, 3.63) is 35.2 Å². The summed E-state index contributed by atoms with van der Waals surface area (Å²) in [6.07, 6.45) is 4.17. The lowest BCUT2D eigenvalue weighted by molar-refractivity contribution is -0.118. The van der Waals surface area contributed by atoms with Crippen LogP contribution in [0.3, 0.4) is 0 Å². The highest BCUT2D eigenvalue weighted by atomic mass is 19.1. The largest absolute Gasteiger partial charge is 0.465 e. The number of hydrogen-bond acceptors (Lipinski definition) is 10. The maximum Gasteiger partial charge on any atom is 0.416 e. The Bertz CT molecular complexity index is 1540. The molecule has 3 aromatic rings. The van der Waals surface area contributed by atoms with Gasteiger partial charge in [-0.3, -0.25) is 9.69 Å². The smallest absolute Gasteiger partial charge is 0.416 e. The molecule has 2 saturated heterocycles. The van der Waals surface area contributed by atoms with Crippen molar-refractivity contribution >= 4 is 40.5 Å². The van der Waals surface area contributed by atoms with Crippen molar-refractivity contribution in [1.82, 2.24) is 24.8 Å². The number of rotatable bonds is 3. The number of likely N-dealkylation sites (tertiary alicyclic amines) is 1. The van der Waals surface area contributed by atoms with Crippen LogP contribution < -0.4 is 20.7 Å². The predicted octanol–water partition coefficient (Wildman–Crippen LogP) is 1.82. The highest BCUT2D eigenvalue weighted by molar-refractivity contribution is 5.94. The molecule has 39 heavy (non-hydrogen) atoms. The Morgan fingerprint density at radius 2 is 1.79 bits per heavy atom. The molecule has 2 amide bonds. The average Bonchev–Trinajstić information content (AvgIpc) is 3.49. The molecule has 1 aromatic carbocycles. The Balaban J connectivity index is 1.01. The van der Waals surface area contributed by atoms with Crippen molar-refractivity contribution < 1.29 is 27.8 Å². The van der Waals surface area contributed by atoms with E-state index >= 15 is 8.78 Å². The highest BCUT2D eigenvalue weighted by Gasteiger charge is 2.48. The van der Waals surface area contributed by atoms with Gasteiger partial charge in [-0.2, -0.15) is 0 Å². The monoisotopic (exact) mass is 538 g/mol. The van der Waals surface area contributed by atoms with Gasteiger partial charge < -0.3 is 25.4 Å². The molecule has 1 unspecified atom stereocenters. The minimum Gasteiger partial charge on any atom is -0.465 e. The molecular formula is C25H24F2N8O4. The van der Waals surface area contributed by atoms with E-state index in [4.69, 9.17) is 15.2 Å². The van der Waals surface area contributed by atoms with Crippen LogP contribution in [0, 0.1) is 17.6 Å². The number of nitrogens with zero attached hydrogens (tertiary/aromatic N) is 6. The number of piperidine rings is 1. The first-order valence-electron chi connectivity index (χ1n) is 12.7. The van der Waals surface area contributed by atoms with E-state index in [0.717, 1.165) is 0 Å². The molecule has 14 heteroatoms. The quantitative estimate of drug-likeness (QED) is 0.506. The van der Waals surface area contributed by atoms with Crippen LogP contribution in [0.15, 0.2) is 12.4 Å². The molecule has 12 nitrogen and oxygen atoms in total. The number of anilines is 3. The summed E-state index contributed by atoms with van der Waals surface area (Å²) in [5.74, 6) is -0.688. The third-order valence-electron chi connectivity index (χ3n) is 7.94. The molecule has 4 aliphatic rings. The zero-order valence-electron chi connectivity index (χ0n) is 20.7. The van der Waals surface area contributed by atoms with E-state index in [9.17, 15) is 9.59 Å². The van der Waals surface area contributed by atoms with Crippen molar-refractivity contribution in [2.45, 2.75) is 31.3 Å². The molecule has 0 bridgehead atoms. The molecule has 3 N–H and O–H groups in total. The van der Waals surface area contributed by atoms with Gasteiger partial charge in [0.25, 0.3) is 11.8 Å². The first-order chi connectivity index (χ1) is 18.8. The number of amides is 2. The van der Waals surface area contributed by atoms with Gasteiger partial charge in [-0.15, -0.1) is 0 Å². The molecule has 0 saturated carbocycles. The fourth-order valence-corrected chi connectivity index (χ4v) is 6.03. The lowest BCUT2D eigenvalue weighted by Crippen LogP contribution is -2.48. The van der Waals surface area contributed by atoms with Gasteiger partial charge in [0.1, 0.15) is 22.5 Å². The van der Waals surface area contributed by atoms with Crippen LogP contribution in [0.5, 0.6) is 5.88 Å². The van der Waals surface area contributed by atoms with Crippen LogP contribution in [0.25, 0.3) is 11.0 Å². The number of nitrogen functional groups attached to an aromatic ring is 1. The summed E-state index contributed by atoms with van der Waals surface area (Å²) in [5.41, 5.74) is 5.47. The lowest BCUT2D eigenvalue weighted by Gasteiger charge is -2.38. The number of benzene rings is 1. The fourth-order valence-electron chi connectivity index (χ4n) is 6.03. The topological polar surface area (TPSA) is 149 Å². The van der Waals surface area contributed by atoms with Gasteiger partial charge >= 0.3 is 6.09 Å². The summed E-state index contributed by atoms with van der Waals surface area (Å²) >= 11 is 0. The number of aromatic nitrogens is 4. The molecule has 1 aliphatic carbocycles. The van der Waals surface area contributed by atoms with E-state index in [1.807, 2.05) is 0 Å². The lowest BCUT2D eigenvalue weighted by atomic mass is 9.90. The summed E-state index contributed by atoms with van der Waals surface area (Å²) in [4.78, 5) is 44.5. The Hall–Kier alpha value is -4.20. The average molecular weight is 539 g/mol. The molecule has 2 fully saturated rings. The molecule has 7 rings (SSSR count). The van der Waals surface area contributed by atoms with Crippen molar-refractivity contribution in [2.24, 2.45) is 5.92 Å². The zero-order valence-corrected chi connectivity index (χ0v) is 20.7. The van der Waals surface area contributed by atoms with E-state index < -0.39 is 23.3 Å². The maximum absolute atomic E-state index is 15.2. The summed E-state index contributed by atoms with van der Waals surface area (Å²) < 4.78 is 41.4. The van der Waals surface area contributed by atoms with Crippen LogP contribution in [-0.4, -0.2) is 75.2 Å². The first-order valence-corrected chi connectivity index (χ1v) is 12.7. The van der Waals surface area contributed by atoms with E-state index in [0.29, 0.717) is 63.0 Å². The molecular weight excluding hydrogens is 514 g/mol. The predicted molar refractivity (Wildman–Crippen MR) is 133 cm³/mol. The van der Waals surface area contributed by atoms with Gasteiger partial charge in [-0.05, 0) is 29.9 Å². The van der Waals surface area contributed by atoms with Crippen LogP contribution in [0.1, 0.15) is 24.0 Å².